The summed E-state index contributed by atoms with van der Waals surface area (Å²) in [4.78, 5) is 24.6. The molecule has 0 aromatic carbocycles. The second-order valence-corrected chi connectivity index (χ2v) is 11.5. The van der Waals surface area contributed by atoms with Gasteiger partial charge < -0.3 is 10.2 Å². The van der Waals surface area contributed by atoms with E-state index in [0.717, 1.165) is 44.9 Å². The smallest absolute Gasteiger partial charge is 0.188 e. The molecule has 0 aromatic rings. The number of carbonyl (C=O) groups is 2. The highest BCUT2D eigenvalue weighted by Crippen LogP contribution is 2.68. The van der Waals surface area contributed by atoms with E-state index >= 15 is 0 Å². The first-order chi connectivity index (χ1) is 14.4. The molecule has 4 aliphatic rings. The first kappa shape index (κ1) is 22.5. The lowest BCUT2D eigenvalue weighted by molar-refractivity contribution is -0.135. The molecule has 0 heterocycles. The molecule has 7 atom stereocenters. The molecule has 0 bridgehead atoms. The Morgan fingerprint density at radius 2 is 2.03 bits per heavy atom. The van der Waals surface area contributed by atoms with E-state index in [0.29, 0.717) is 49.4 Å². The quantitative estimate of drug-likeness (QED) is 0.635. The number of aliphatic hydroxyl groups is 2. The van der Waals surface area contributed by atoms with E-state index in [4.69, 9.17) is 0 Å². The van der Waals surface area contributed by atoms with E-state index in [1.54, 1.807) is 0 Å². The summed E-state index contributed by atoms with van der Waals surface area (Å²) >= 11 is 1.53. The number of hydrogen-bond donors (Lipinski definition) is 2. The Kier molecular flexibility index (Phi) is 6.54. The molecule has 3 saturated carbocycles. The highest BCUT2D eigenvalue weighted by atomic mass is 32.2. The lowest BCUT2D eigenvalue weighted by Gasteiger charge is -2.58. The molecule has 2 N–H and O–H groups in total. The maximum atomic E-state index is 12.5. The van der Waals surface area contributed by atoms with Crippen molar-refractivity contribution in [3.8, 4) is 0 Å². The van der Waals surface area contributed by atoms with Gasteiger partial charge in [0.2, 0.25) is 0 Å². The van der Waals surface area contributed by atoms with Crippen molar-refractivity contribution < 1.29 is 19.8 Å². The Labute approximate surface area is 185 Å². The fourth-order valence-electron chi connectivity index (χ4n) is 7.99. The molecule has 0 amide bonds. The van der Waals surface area contributed by atoms with Crippen LogP contribution in [0.25, 0.3) is 0 Å². The van der Waals surface area contributed by atoms with Crippen molar-refractivity contribution in [3.63, 3.8) is 0 Å². The zero-order chi connectivity index (χ0) is 21.5. The van der Waals surface area contributed by atoms with Crippen LogP contribution in [0.15, 0.2) is 11.6 Å². The third kappa shape index (κ3) is 3.53. The fraction of sp³-hybridized carbons (Fsp3) is 0.840. The highest BCUT2D eigenvalue weighted by molar-refractivity contribution is 8.14. The van der Waals surface area contributed by atoms with Gasteiger partial charge in [-0.3, -0.25) is 9.59 Å². The van der Waals surface area contributed by atoms with E-state index in [1.165, 1.54) is 17.3 Å². The lowest BCUT2D eigenvalue weighted by Crippen LogP contribution is -2.56. The van der Waals surface area contributed by atoms with Crippen molar-refractivity contribution in [1.29, 1.82) is 0 Å². The number of aliphatic hydroxyl groups excluding tert-OH is 1. The molecule has 3 fully saturated rings. The van der Waals surface area contributed by atoms with Gasteiger partial charge in [0.05, 0.1) is 5.60 Å². The van der Waals surface area contributed by atoms with Gasteiger partial charge in [-0.2, -0.15) is 0 Å². The van der Waals surface area contributed by atoms with Crippen molar-refractivity contribution in [1.82, 2.24) is 0 Å². The Morgan fingerprint density at radius 3 is 2.73 bits per heavy atom. The average Bonchev–Trinajstić information content (AvgIpc) is 3.04. The maximum Gasteiger partial charge on any atom is 0.188 e. The molecule has 0 spiro atoms. The number of carbonyl (C=O) groups excluding carboxylic acids is 2. The van der Waals surface area contributed by atoms with Crippen LogP contribution < -0.4 is 0 Å². The van der Waals surface area contributed by atoms with Crippen LogP contribution in [0.4, 0.5) is 0 Å². The second kappa shape index (κ2) is 8.71. The molecule has 4 aliphatic carbocycles. The summed E-state index contributed by atoms with van der Waals surface area (Å²) < 4.78 is 0. The van der Waals surface area contributed by atoms with Gasteiger partial charge in [0.25, 0.3) is 0 Å². The van der Waals surface area contributed by atoms with Crippen molar-refractivity contribution >= 4 is 22.7 Å². The molecular formula is C25H38O4S. The third-order valence-corrected chi connectivity index (χ3v) is 10.6. The Bertz CT molecular complexity index is 718. The summed E-state index contributed by atoms with van der Waals surface area (Å²) in [7, 11) is 0. The number of hydrogen-bond acceptors (Lipinski definition) is 5. The summed E-state index contributed by atoms with van der Waals surface area (Å²) in [6.07, 6.45) is 11.2. The number of rotatable bonds is 6. The van der Waals surface area contributed by atoms with Crippen LogP contribution in [-0.2, 0) is 9.59 Å². The number of thioether (sulfide) groups is 1. The summed E-state index contributed by atoms with van der Waals surface area (Å²) in [6.45, 7) is 4.30. The van der Waals surface area contributed by atoms with Crippen LogP contribution >= 0.6 is 11.8 Å². The van der Waals surface area contributed by atoms with E-state index in [-0.39, 0.29) is 28.2 Å². The lowest BCUT2D eigenvalue weighted by atomic mass is 9.49. The minimum absolute atomic E-state index is 0.0941. The average molecular weight is 435 g/mol. The molecule has 0 saturated heterocycles. The van der Waals surface area contributed by atoms with Crippen molar-refractivity contribution in [2.24, 2.45) is 29.1 Å². The Balaban J connectivity index is 1.70. The minimum atomic E-state index is -0.692. The van der Waals surface area contributed by atoms with Gasteiger partial charge in [-0.1, -0.05) is 31.2 Å². The summed E-state index contributed by atoms with van der Waals surface area (Å²) in [5.74, 6) is 2.15. The summed E-state index contributed by atoms with van der Waals surface area (Å²) in [5, 5.41) is 21.7. The monoisotopic (exact) mass is 434 g/mol. The Hall–Kier alpha value is -0.650. The number of allylic oxidation sites excluding steroid dienone is 1. The fourth-order valence-corrected chi connectivity index (χ4v) is 9.31. The molecule has 0 aliphatic heterocycles. The highest BCUT2D eigenvalue weighted by Gasteiger charge is 2.64. The molecular weight excluding hydrogens is 396 g/mol. The zero-order valence-electron chi connectivity index (χ0n) is 18.6. The molecule has 0 radical (unpaired) electrons. The Morgan fingerprint density at radius 1 is 1.23 bits per heavy atom. The molecule has 0 unspecified atom stereocenters. The van der Waals surface area contributed by atoms with Crippen LogP contribution in [0.2, 0.25) is 0 Å². The van der Waals surface area contributed by atoms with Gasteiger partial charge in [0, 0.05) is 30.1 Å². The van der Waals surface area contributed by atoms with Gasteiger partial charge in [0.15, 0.2) is 10.9 Å². The molecule has 4 nitrogen and oxygen atoms in total. The predicted molar refractivity (Wildman–Crippen MR) is 120 cm³/mol. The number of ketones is 1. The summed E-state index contributed by atoms with van der Waals surface area (Å²) in [5.41, 5.74) is 0.512. The van der Waals surface area contributed by atoms with E-state index in [9.17, 15) is 19.8 Å². The van der Waals surface area contributed by atoms with E-state index in [2.05, 4.69) is 6.92 Å². The first-order valence-corrected chi connectivity index (χ1v) is 13.0. The van der Waals surface area contributed by atoms with Crippen molar-refractivity contribution in [3.05, 3.63) is 11.6 Å². The standard InChI is InChI=1S/C25H38O4S/c1-3-22(28)30-21-15-16-14-17(27)6-7-18(16)19-8-11-24(4-2)20(23(19)21)9-12-25(24,29)10-5-13-26/h14,18-21,23,26,29H,3-13,15H2,1-2H3/t18-,19+,20-,21+,23+,24-,25-/m0/s1. The largest absolute Gasteiger partial charge is 0.396 e. The molecule has 4 rings (SSSR count). The topological polar surface area (TPSA) is 74.6 Å². The van der Waals surface area contributed by atoms with Crippen LogP contribution in [0, 0.1) is 29.1 Å². The van der Waals surface area contributed by atoms with Crippen molar-refractivity contribution in [2.45, 2.75) is 95.3 Å². The van der Waals surface area contributed by atoms with Gasteiger partial charge in [0.1, 0.15) is 0 Å². The zero-order valence-corrected chi connectivity index (χ0v) is 19.4. The van der Waals surface area contributed by atoms with Gasteiger partial charge >= 0.3 is 0 Å². The van der Waals surface area contributed by atoms with Crippen LogP contribution in [0.5, 0.6) is 0 Å². The van der Waals surface area contributed by atoms with E-state index < -0.39 is 5.60 Å². The maximum absolute atomic E-state index is 12.5. The van der Waals surface area contributed by atoms with Crippen LogP contribution in [0.1, 0.15) is 84.5 Å². The third-order valence-electron chi connectivity index (χ3n) is 9.25. The molecule has 168 valence electrons. The minimum Gasteiger partial charge on any atom is -0.396 e. The summed E-state index contributed by atoms with van der Waals surface area (Å²) in [6, 6.07) is 0. The first-order valence-electron chi connectivity index (χ1n) is 12.1. The number of fused-ring (bicyclic) bond motifs is 5. The van der Waals surface area contributed by atoms with Gasteiger partial charge in [-0.15, -0.1) is 0 Å². The van der Waals surface area contributed by atoms with Crippen molar-refractivity contribution in [2.75, 3.05) is 6.61 Å². The molecule has 5 heteroatoms. The van der Waals surface area contributed by atoms with Crippen LogP contribution in [0.3, 0.4) is 0 Å². The van der Waals surface area contributed by atoms with E-state index in [1.807, 2.05) is 13.0 Å². The van der Waals surface area contributed by atoms with Gasteiger partial charge in [-0.25, -0.2) is 0 Å². The van der Waals surface area contributed by atoms with Crippen LogP contribution in [-0.4, -0.2) is 38.6 Å². The molecule has 0 aromatic heterocycles. The molecule has 30 heavy (non-hydrogen) atoms. The predicted octanol–water partition coefficient (Wildman–Crippen LogP) is 4.67. The SMILES string of the molecule is CCC(=O)S[C@@H]1CC2=CC(=O)CC[C@@H]2[C@H]2CC[C@@]3(CC)[C@@H](CC[C@@]3(O)CCCO)[C@@H]21. The van der Waals surface area contributed by atoms with Gasteiger partial charge in [-0.05, 0) is 87.5 Å². The normalized spacial score (nSPS) is 42.9. The second-order valence-electron chi connectivity index (χ2n) is 10.2.